The topological polar surface area (TPSA) is 48.5 Å². The summed E-state index contributed by atoms with van der Waals surface area (Å²) in [6, 6.07) is 1.70. The molecule has 0 aliphatic carbocycles. The van der Waals surface area contributed by atoms with Crippen LogP contribution in [0.4, 0.5) is 5.82 Å². The number of anilines is 1. The molecule has 1 rings (SSSR count). The summed E-state index contributed by atoms with van der Waals surface area (Å²) in [5, 5.41) is 3.31. The van der Waals surface area contributed by atoms with Crippen molar-refractivity contribution in [2.75, 3.05) is 46.1 Å². The maximum atomic E-state index is 12.6. The van der Waals surface area contributed by atoms with Gasteiger partial charge in [-0.1, -0.05) is 18.5 Å². The summed E-state index contributed by atoms with van der Waals surface area (Å²) >= 11 is 6.11. The average Bonchev–Trinajstić information content (AvgIpc) is 2.43. The maximum Gasteiger partial charge on any atom is 0.255 e. The van der Waals surface area contributed by atoms with Crippen LogP contribution in [0.5, 0.6) is 0 Å². The lowest BCUT2D eigenvalue weighted by Crippen LogP contribution is -2.37. The molecule has 1 aromatic heterocycles. The number of hydrogen-bond donors (Lipinski definition) is 1. The van der Waals surface area contributed by atoms with Gasteiger partial charge in [0.05, 0.1) is 10.6 Å². The number of nitrogens with zero attached hydrogens (tertiary/aromatic N) is 3. The Balaban J connectivity index is 2.93. The van der Waals surface area contributed by atoms with Crippen LogP contribution in [0, 0.1) is 0 Å². The van der Waals surface area contributed by atoms with Crippen molar-refractivity contribution in [2.45, 2.75) is 13.3 Å². The molecule has 0 aliphatic rings. The number of aromatic nitrogens is 1. The van der Waals surface area contributed by atoms with Crippen LogP contribution in [-0.4, -0.2) is 61.5 Å². The minimum Gasteiger partial charge on any atom is -0.373 e. The van der Waals surface area contributed by atoms with Crippen molar-refractivity contribution >= 4 is 23.3 Å². The number of halogens is 1. The summed E-state index contributed by atoms with van der Waals surface area (Å²) in [5.41, 5.74) is 0.498. The minimum atomic E-state index is -0.0439. The van der Waals surface area contributed by atoms with Gasteiger partial charge in [0.1, 0.15) is 5.82 Å². The number of rotatable bonds is 7. The van der Waals surface area contributed by atoms with Crippen molar-refractivity contribution in [3.8, 4) is 0 Å². The normalized spacial score (nSPS) is 10.7. The second-order valence-electron chi connectivity index (χ2n) is 4.89. The molecule has 0 saturated heterocycles. The van der Waals surface area contributed by atoms with Crippen molar-refractivity contribution in [3.05, 3.63) is 22.8 Å². The van der Waals surface area contributed by atoms with Gasteiger partial charge in [-0.15, -0.1) is 0 Å². The zero-order valence-electron chi connectivity index (χ0n) is 12.6. The zero-order chi connectivity index (χ0) is 15.1. The fraction of sp³-hybridized carbons (Fsp3) is 0.571. The summed E-state index contributed by atoms with van der Waals surface area (Å²) in [5.74, 6) is 0.597. The van der Waals surface area contributed by atoms with Crippen LogP contribution in [0.2, 0.25) is 5.02 Å². The molecular weight excluding hydrogens is 276 g/mol. The number of hydrogen-bond acceptors (Lipinski definition) is 4. The molecule has 0 unspecified atom stereocenters. The third-order valence-electron chi connectivity index (χ3n) is 2.94. The molecule has 1 N–H and O–H groups in total. The molecule has 0 saturated carbocycles. The quantitative estimate of drug-likeness (QED) is 0.838. The smallest absolute Gasteiger partial charge is 0.255 e. The highest BCUT2D eigenvalue weighted by molar-refractivity contribution is 6.33. The van der Waals surface area contributed by atoms with E-state index in [-0.39, 0.29) is 5.91 Å². The Kier molecular flexibility index (Phi) is 6.75. The predicted molar refractivity (Wildman–Crippen MR) is 83.5 cm³/mol. The molecule has 0 bridgehead atoms. The fourth-order valence-electron chi connectivity index (χ4n) is 1.82. The minimum absolute atomic E-state index is 0.0439. The summed E-state index contributed by atoms with van der Waals surface area (Å²) in [7, 11) is 5.75. The van der Waals surface area contributed by atoms with Gasteiger partial charge in [0.25, 0.3) is 5.91 Å². The van der Waals surface area contributed by atoms with Gasteiger partial charge < -0.3 is 15.1 Å². The van der Waals surface area contributed by atoms with Crippen LogP contribution < -0.4 is 5.32 Å². The highest BCUT2D eigenvalue weighted by atomic mass is 35.5. The van der Waals surface area contributed by atoms with E-state index in [1.165, 1.54) is 6.20 Å². The van der Waals surface area contributed by atoms with E-state index >= 15 is 0 Å². The number of likely N-dealkylation sites (N-methyl/N-ethyl adjacent to an activating group) is 1. The maximum absolute atomic E-state index is 12.6. The molecular formula is C14H23ClN4O. The van der Waals surface area contributed by atoms with Gasteiger partial charge in [0, 0.05) is 32.9 Å². The molecule has 112 valence electrons. The first-order valence-corrected chi connectivity index (χ1v) is 7.14. The van der Waals surface area contributed by atoms with Gasteiger partial charge >= 0.3 is 0 Å². The molecule has 0 fully saturated rings. The van der Waals surface area contributed by atoms with Crippen LogP contribution in [0.3, 0.4) is 0 Å². The van der Waals surface area contributed by atoms with Crippen molar-refractivity contribution in [3.63, 3.8) is 0 Å². The van der Waals surface area contributed by atoms with E-state index in [9.17, 15) is 4.79 Å². The summed E-state index contributed by atoms with van der Waals surface area (Å²) in [6.45, 7) is 4.30. The molecule has 0 radical (unpaired) electrons. The van der Waals surface area contributed by atoms with Crippen molar-refractivity contribution < 1.29 is 4.79 Å². The lowest BCUT2D eigenvalue weighted by molar-refractivity contribution is 0.0745. The molecule has 0 spiro atoms. The summed E-state index contributed by atoms with van der Waals surface area (Å²) < 4.78 is 0. The standard InChI is InChI=1S/C14H23ClN4O/c1-5-6-19(8-7-18(3)4)14(20)11-9-13(16-2)17-10-12(11)15/h9-10H,5-8H2,1-4H3,(H,16,17). The van der Waals surface area contributed by atoms with E-state index in [4.69, 9.17) is 11.6 Å². The molecule has 1 amide bonds. The lowest BCUT2D eigenvalue weighted by atomic mass is 10.2. The molecule has 1 aromatic rings. The van der Waals surface area contributed by atoms with Gasteiger partial charge in [0.15, 0.2) is 0 Å². The van der Waals surface area contributed by atoms with Gasteiger partial charge in [0.2, 0.25) is 0 Å². The number of nitrogens with one attached hydrogen (secondary N) is 1. The van der Waals surface area contributed by atoms with Crippen LogP contribution in [0.15, 0.2) is 12.3 Å². The van der Waals surface area contributed by atoms with E-state index in [1.54, 1.807) is 13.1 Å². The highest BCUT2D eigenvalue weighted by Crippen LogP contribution is 2.19. The molecule has 1 heterocycles. The number of carbonyl (C=O) groups excluding carboxylic acids is 1. The Morgan fingerprint density at radius 2 is 2.05 bits per heavy atom. The largest absolute Gasteiger partial charge is 0.373 e. The molecule has 6 heteroatoms. The van der Waals surface area contributed by atoms with Crippen LogP contribution >= 0.6 is 11.6 Å². The summed E-state index contributed by atoms with van der Waals surface area (Å²) in [6.07, 6.45) is 2.43. The molecule has 20 heavy (non-hydrogen) atoms. The van der Waals surface area contributed by atoms with Crippen molar-refractivity contribution in [1.29, 1.82) is 0 Å². The van der Waals surface area contributed by atoms with E-state index in [0.29, 0.717) is 22.9 Å². The number of pyridine rings is 1. The van der Waals surface area contributed by atoms with E-state index in [1.807, 2.05) is 19.0 Å². The first kappa shape index (κ1) is 16.7. The van der Waals surface area contributed by atoms with Crippen LogP contribution in [0.25, 0.3) is 0 Å². The zero-order valence-corrected chi connectivity index (χ0v) is 13.4. The number of amides is 1. The van der Waals surface area contributed by atoms with Crippen molar-refractivity contribution in [2.24, 2.45) is 0 Å². The lowest BCUT2D eigenvalue weighted by Gasteiger charge is -2.24. The second-order valence-corrected chi connectivity index (χ2v) is 5.30. The van der Waals surface area contributed by atoms with Gasteiger partial charge in [-0.3, -0.25) is 4.79 Å². The molecule has 0 aliphatic heterocycles. The molecule has 5 nitrogen and oxygen atoms in total. The van der Waals surface area contributed by atoms with Crippen LogP contribution in [-0.2, 0) is 0 Å². The average molecular weight is 299 g/mol. The Morgan fingerprint density at radius 3 is 2.60 bits per heavy atom. The first-order chi connectivity index (χ1) is 9.49. The van der Waals surface area contributed by atoms with E-state index in [0.717, 1.165) is 19.5 Å². The van der Waals surface area contributed by atoms with E-state index in [2.05, 4.69) is 22.1 Å². The van der Waals surface area contributed by atoms with E-state index < -0.39 is 0 Å². The fourth-order valence-corrected chi connectivity index (χ4v) is 2.00. The Labute approximate surface area is 125 Å². The Hall–Kier alpha value is -1.33. The van der Waals surface area contributed by atoms with Gasteiger partial charge in [-0.25, -0.2) is 4.98 Å². The summed E-state index contributed by atoms with van der Waals surface area (Å²) in [4.78, 5) is 20.6. The van der Waals surface area contributed by atoms with Crippen LogP contribution in [0.1, 0.15) is 23.7 Å². The Morgan fingerprint density at radius 1 is 1.35 bits per heavy atom. The SMILES string of the molecule is CCCN(CCN(C)C)C(=O)c1cc(NC)ncc1Cl. The molecule has 0 atom stereocenters. The van der Waals surface area contributed by atoms with Gasteiger partial charge in [-0.2, -0.15) is 0 Å². The van der Waals surface area contributed by atoms with Crippen molar-refractivity contribution in [1.82, 2.24) is 14.8 Å². The first-order valence-electron chi connectivity index (χ1n) is 6.76. The van der Waals surface area contributed by atoms with Gasteiger partial charge in [-0.05, 0) is 26.6 Å². The monoisotopic (exact) mass is 298 g/mol. The predicted octanol–water partition coefficient (Wildman–Crippen LogP) is 2.19. The highest BCUT2D eigenvalue weighted by Gasteiger charge is 2.18. The number of carbonyl (C=O) groups is 1. The third kappa shape index (κ3) is 4.65. The second kappa shape index (κ2) is 8.07. The Bertz CT molecular complexity index is 451. The molecule has 0 aromatic carbocycles. The third-order valence-corrected chi connectivity index (χ3v) is 3.24.